The number of aliphatic hydroxyl groups is 1. The summed E-state index contributed by atoms with van der Waals surface area (Å²) in [7, 11) is 1.51. The van der Waals surface area contributed by atoms with E-state index >= 15 is 0 Å². The molecule has 3 aromatic rings. The molecule has 28 heavy (non-hydrogen) atoms. The van der Waals surface area contributed by atoms with Gasteiger partial charge >= 0.3 is 0 Å². The van der Waals surface area contributed by atoms with E-state index in [0.717, 1.165) is 11.1 Å². The Labute approximate surface area is 164 Å². The predicted molar refractivity (Wildman–Crippen MR) is 105 cm³/mol. The van der Waals surface area contributed by atoms with Gasteiger partial charge in [-0.05, 0) is 23.8 Å². The first-order valence-corrected chi connectivity index (χ1v) is 8.85. The molecule has 0 amide bonds. The zero-order valence-corrected chi connectivity index (χ0v) is 16.3. The summed E-state index contributed by atoms with van der Waals surface area (Å²) in [6.07, 6.45) is 4.66. The highest BCUT2D eigenvalue weighted by atomic mass is 16.5. The number of ether oxygens (including phenoxy) is 1. The second-order valence-corrected chi connectivity index (χ2v) is 7.53. The Balaban J connectivity index is 2.08. The van der Waals surface area contributed by atoms with Crippen LogP contribution in [0.3, 0.4) is 0 Å². The standard InChI is InChI=1S/C22H22N4O2/c1-21(2,3)22(27,18-13-24-14-26-20(18)28-4)19-10-9-17(12-25-19)16-7-5-15(11-23)6-8-16/h5-10,12-14,27H,1-4H3. The molecule has 0 saturated carbocycles. The monoisotopic (exact) mass is 374 g/mol. The van der Waals surface area contributed by atoms with Crippen LogP contribution >= 0.6 is 0 Å². The van der Waals surface area contributed by atoms with Crippen LogP contribution in [0.1, 0.15) is 37.6 Å². The zero-order chi connectivity index (χ0) is 20.4. The summed E-state index contributed by atoms with van der Waals surface area (Å²) in [6, 6.07) is 13.1. The number of nitrogens with zero attached hydrogens (tertiary/aromatic N) is 4. The van der Waals surface area contributed by atoms with Crippen molar-refractivity contribution in [3.05, 3.63) is 71.9 Å². The molecule has 0 aliphatic heterocycles. The van der Waals surface area contributed by atoms with Gasteiger partial charge in [0.1, 0.15) is 11.9 Å². The quantitative estimate of drug-likeness (QED) is 0.749. The van der Waals surface area contributed by atoms with Crippen LogP contribution in [0.5, 0.6) is 5.88 Å². The molecule has 3 rings (SSSR count). The number of benzene rings is 1. The van der Waals surface area contributed by atoms with E-state index < -0.39 is 11.0 Å². The zero-order valence-electron chi connectivity index (χ0n) is 16.3. The lowest BCUT2D eigenvalue weighted by Gasteiger charge is -2.40. The molecular weight excluding hydrogens is 352 g/mol. The van der Waals surface area contributed by atoms with E-state index in [1.165, 1.54) is 13.4 Å². The number of hydrogen-bond donors (Lipinski definition) is 1. The molecule has 0 aliphatic rings. The van der Waals surface area contributed by atoms with E-state index in [9.17, 15) is 5.11 Å². The van der Waals surface area contributed by atoms with E-state index in [2.05, 4.69) is 21.0 Å². The van der Waals surface area contributed by atoms with Crippen LogP contribution in [0.15, 0.2) is 55.1 Å². The van der Waals surface area contributed by atoms with Crippen molar-refractivity contribution in [2.45, 2.75) is 26.4 Å². The second kappa shape index (κ2) is 7.37. The molecule has 6 nitrogen and oxygen atoms in total. The van der Waals surface area contributed by atoms with Crippen molar-refractivity contribution in [3.8, 4) is 23.1 Å². The van der Waals surface area contributed by atoms with Crippen LogP contribution in [0.2, 0.25) is 0 Å². The maximum Gasteiger partial charge on any atom is 0.222 e. The van der Waals surface area contributed by atoms with Crippen molar-refractivity contribution in [2.24, 2.45) is 5.41 Å². The summed E-state index contributed by atoms with van der Waals surface area (Å²) in [5.74, 6) is 0.311. The highest BCUT2D eigenvalue weighted by Gasteiger charge is 2.47. The average molecular weight is 374 g/mol. The fourth-order valence-electron chi connectivity index (χ4n) is 3.17. The van der Waals surface area contributed by atoms with Crippen LogP contribution < -0.4 is 4.74 Å². The van der Waals surface area contributed by atoms with Gasteiger partial charge in [-0.3, -0.25) is 4.98 Å². The Morgan fingerprint density at radius 2 is 1.64 bits per heavy atom. The van der Waals surface area contributed by atoms with Crippen LogP contribution in [-0.4, -0.2) is 27.2 Å². The topological polar surface area (TPSA) is 91.9 Å². The van der Waals surface area contributed by atoms with Gasteiger partial charge < -0.3 is 9.84 Å². The lowest BCUT2D eigenvalue weighted by atomic mass is 9.70. The molecule has 1 N–H and O–H groups in total. The molecule has 2 heterocycles. The van der Waals surface area contributed by atoms with E-state index in [-0.39, 0.29) is 0 Å². The normalized spacial score (nSPS) is 13.4. The van der Waals surface area contributed by atoms with Crippen molar-refractivity contribution in [1.29, 1.82) is 5.26 Å². The highest BCUT2D eigenvalue weighted by molar-refractivity contribution is 5.63. The minimum absolute atomic E-state index is 0.311. The van der Waals surface area contributed by atoms with Gasteiger partial charge in [0.15, 0.2) is 0 Å². The molecule has 0 saturated heterocycles. The molecule has 0 aliphatic carbocycles. The van der Waals surface area contributed by atoms with Crippen LogP contribution in [0.25, 0.3) is 11.1 Å². The molecule has 1 aromatic carbocycles. The van der Waals surface area contributed by atoms with Crippen molar-refractivity contribution in [1.82, 2.24) is 15.0 Å². The first-order chi connectivity index (χ1) is 13.3. The van der Waals surface area contributed by atoms with Gasteiger partial charge in [-0.15, -0.1) is 0 Å². The number of hydrogen-bond acceptors (Lipinski definition) is 6. The third-order valence-electron chi connectivity index (χ3n) is 4.83. The van der Waals surface area contributed by atoms with Gasteiger partial charge in [-0.25, -0.2) is 9.97 Å². The molecule has 1 unspecified atom stereocenters. The molecule has 2 aromatic heterocycles. The molecule has 0 fully saturated rings. The molecule has 0 radical (unpaired) electrons. The smallest absolute Gasteiger partial charge is 0.222 e. The largest absolute Gasteiger partial charge is 0.481 e. The van der Waals surface area contributed by atoms with E-state index in [1.807, 2.05) is 39.0 Å². The first kappa shape index (κ1) is 19.5. The van der Waals surface area contributed by atoms with Crippen molar-refractivity contribution in [3.63, 3.8) is 0 Å². The Morgan fingerprint density at radius 3 is 2.18 bits per heavy atom. The Bertz CT molecular complexity index is 1000. The summed E-state index contributed by atoms with van der Waals surface area (Å²) in [6.45, 7) is 5.78. The molecule has 6 heteroatoms. The van der Waals surface area contributed by atoms with Gasteiger partial charge in [0.05, 0.1) is 30.0 Å². The summed E-state index contributed by atoms with van der Waals surface area (Å²) in [5.41, 5.74) is 1.32. The minimum Gasteiger partial charge on any atom is -0.481 e. The van der Waals surface area contributed by atoms with E-state index in [1.54, 1.807) is 30.6 Å². The number of pyridine rings is 1. The van der Waals surface area contributed by atoms with E-state index in [4.69, 9.17) is 10.00 Å². The summed E-state index contributed by atoms with van der Waals surface area (Å²) in [4.78, 5) is 12.8. The Morgan fingerprint density at radius 1 is 0.964 bits per heavy atom. The molecule has 142 valence electrons. The van der Waals surface area contributed by atoms with Gasteiger partial charge in [0.2, 0.25) is 5.88 Å². The van der Waals surface area contributed by atoms with Crippen molar-refractivity contribution >= 4 is 0 Å². The Hall–Kier alpha value is -3.30. The Kier molecular flexibility index (Phi) is 5.12. The lowest BCUT2D eigenvalue weighted by molar-refractivity contribution is -0.0319. The van der Waals surface area contributed by atoms with Crippen LogP contribution in [0, 0.1) is 16.7 Å². The molecular formula is C22H22N4O2. The maximum atomic E-state index is 11.8. The van der Waals surface area contributed by atoms with Crippen LogP contribution in [0.4, 0.5) is 0 Å². The average Bonchev–Trinajstić information content (AvgIpc) is 2.72. The minimum atomic E-state index is -1.46. The molecule has 1 atom stereocenters. The SMILES string of the molecule is COc1ncncc1C(O)(c1ccc(-c2ccc(C#N)cc2)cn1)C(C)(C)C. The highest BCUT2D eigenvalue weighted by Crippen LogP contribution is 2.46. The fraction of sp³-hybridized carbons (Fsp3) is 0.273. The third-order valence-corrected chi connectivity index (χ3v) is 4.83. The third kappa shape index (κ3) is 3.32. The number of rotatable bonds is 4. The summed E-state index contributed by atoms with van der Waals surface area (Å²) in [5, 5.41) is 20.7. The van der Waals surface area contributed by atoms with Crippen molar-refractivity contribution < 1.29 is 9.84 Å². The molecule has 0 bridgehead atoms. The molecule has 0 spiro atoms. The number of aromatic nitrogens is 3. The first-order valence-electron chi connectivity index (χ1n) is 8.85. The second-order valence-electron chi connectivity index (χ2n) is 7.53. The fourth-order valence-corrected chi connectivity index (χ4v) is 3.17. The van der Waals surface area contributed by atoms with Crippen LogP contribution in [-0.2, 0) is 5.60 Å². The predicted octanol–water partition coefficient (Wildman–Crippen LogP) is 3.70. The van der Waals surface area contributed by atoms with Crippen molar-refractivity contribution in [2.75, 3.05) is 7.11 Å². The van der Waals surface area contributed by atoms with Gasteiger partial charge in [-0.2, -0.15) is 5.26 Å². The summed E-state index contributed by atoms with van der Waals surface area (Å²) >= 11 is 0. The number of methoxy groups -OCH3 is 1. The van der Waals surface area contributed by atoms with Gasteiger partial charge in [0.25, 0.3) is 0 Å². The van der Waals surface area contributed by atoms with Gasteiger partial charge in [-0.1, -0.05) is 39.0 Å². The van der Waals surface area contributed by atoms with Gasteiger partial charge in [0, 0.05) is 23.4 Å². The maximum absolute atomic E-state index is 11.8. The summed E-state index contributed by atoms with van der Waals surface area (Å²) < 4.78 is 5.36. The van der Waals surface area contributed by atoms with E-state index in [0.29, 0.717) is 22.7 Å². The lowest BCUT2D eigenvalue weighted by Crippen LogP contribution is -2.42. The number of nitriles is 1.